The molecule has 0 N–H and O–H groups in total. The maximum absolute atomic E-state index is 11.8. The first kappa shape index (κ1) is 14.8. The van der Waals surface area contributed by atoms with Crippen LogP contribution in [-0.4, -0.2) is 19.6 Å². The summed E-state index contributed by atoms with van der Waals surface area (Å²) < 4.78 is 44.7. The van der Waals surface area contributed by atoms with Crippen molar-refractivity contribution in [3.05, 3.63) is 29.8 Å². The van der Waals surface area contributed by atoms with Crippen molar-refractivity contribution in [1.82, 2.24) is 0 Å². The van der Waals surface area contributed by atoms with Crippen molar-refractivity contribution >= 4 is 0 Å². The van der Waals surface area contributed by atoms with Crippen molar-refractivity contribution in [2.24, 2.45) is 0 Å². The third kappa shape index (κ3) is 5.40. The molecule has 0 aliphatic carbocycles. The van der Waals surface area contributed by atoms with Gasteiger partial charge in [0.15, 0.2) is 6.79 Å². The summed E-state index contributed by atoms with van der Waals surface area (Å²) in [5, 5.41) is 0. The van der Waals surface area contributed by atoms with Crippen molar-refractivity contribution in [3.8, 4) is 5.75 Å². The van der Waals surface area contributed by atoms with E-state index in [1.807, 2.05) is 12.1 Å². The van der Waals surface area contributed by atoms with Gasteiger partial charge >= 0.3 is 6.18 Å². The average molecular weight is 262 g/mol. The summed E-state index contributed by atoms with van der Waals surface area (Å²) in [4.78, 5) is 0. The highest BCUT2D eigenvalue weighted by Crippen LogP contribution is 2.21. The monoisotopic (exact) mass is 262 g/mol. The first-order chi connectivity index (χ1) is 8.42. The normalized spacial score (nSPS) is 13.4. The molecule has 0 aliphatic heterocycles. The lowest BCUT2D eigenvalue weighted by atomic mass is 9.99. The molecule has 0 saturated heterocycles. The number of halogens is 3. The molecule has 18 heavy (non-hydrogen) atoms. The maximum atomic E-state index is 11.8. The molecule has 0 radical (unpaired) electrons. The molecule has 1 aromatic carbocycles. The van der Waals surface area contributed by atoms with Crippen molar-refractivity contribution in [2.45, 2.75) is 32.4 Å². The quantitative estimate of drug-likeness (QED) is 0.567. The number of hydrogen-bond acceptors (Lipinski definition) is 2. The Morgan fingerprint density at radius 2 is 1.78 bits per heavy atom. The fraction of sp³-hybridized carbons (Fsp3) is 0.538. The van der Waals surface area contributed by atoms with Crippen LogP contribution in [-0.2, 0) is 4.74 Å². The van der Waals surface area contributed by atoms with E-state index in [2.05, 4.69) is 18.6 Å². The van der Waals surface area contributed by atoms with E-state index in [0.29, 0.717) is 11.7 Å². The Bertz CT molecular complexity index is 346. The van der Waals surface area contributed by atoms with Gasteiger partial charge in [0.2, 0.25) is 0 Å². The predicted molar refractivity (Wildman–Crippen MR) is 62.7 cm³/mol. The SMILES string of the molecule is CCC(C)c1ccc(OCOCC(F)(F)F)cc1. The maximum Gasteiger partial charge on any atom is 0.411 e. The Kier molecular flexibility index (Phi) is 5.47. The summed E-state index contributed by atoms with van der Waals surface area (Å²) in [6.45, 7) is 2.52. The average Bonchev–Trinajstić information content (AvgIpc) is 2.33. The molecule has 0 fully saturated rings. The van der Waals surface area contributed by atoms with Crippen molar-refractivity contribution in [3.63, 3.8) is 0 Å². The topological polar surface area (TPSA) is 18.5 Å². The van der Waals surface area contributed by atoms with E-state index < -0.39 is 19.6 Å². The van der Waals surface area contributed by atoms with E-state index in [-0.39, 0.29) is 0 Å². The van der Waals surface area contributed by atoms with Gasteiger partial charge in [-0.05, 0) is 30.0 Å². The molecule has 5 heteroatoms. The number of alkyl halides is 3. The second-order valence-electron chi connectivity index (χ2n) is 4.10. The Morgan fingerprint density at radius 1 is 1.17 bits per heavy atom. The summed E-state index contributed by atoms with van der Waals surface area (Å²) in [7, 11) is 0. The van der Waals surface area contributed by atoms with Gasteiger partial charge in [-0.25, -0.2) is 0 Å². The highest BCUT2D eigenvalue weighted by molar-refractivity contribution is 5.29. The van der Waals surface area contributed by atoms with Crippen molar-refractivity contribution in [1.29, 1.82) is 0 Å². The van der Waals surface area contributed by atoms with Crippen LogP contribution in [0.1, 0.15) is 31.7 Å². The molecule has 0 aromatic heterocycles. The molecule has 0 heterocycles. The van der Waals surface area contributed by atoms with Crippen LogP contribution >= 0.6 is 0 Å². The zero-order chi connectivity index (χ0) is 13.6. The Balaban J connectivity index is 2.35. The van der Waals surface area contributed by atoms with Gasteiger partial charge in [0.05, 0.1) is 0 Å². The number of benzene rings is 1. The van der Waals surface area contributed by atoms with Crippen LogP contribution in [0, 0.1) is 0 Å². The fourth-order valence-electron chi connectivity index (χ4n) is 1.40. The highest BCUT2D eigenvalue weighted by atomic mass is 19.4. The van der Waals surface area contributed by atoms with Crippen LogP contribution < -0.4 is 4.74 Å². The van der Waals surface area contributed by atoms with Crippen LogP contribution in [0.15, 0.2) is 24.3 Å². The van der Waals surface area contributed by atoms with Gasteiger partial charge in [-0.15, -0.1) is 0 Å². The van der Waals surface area contributed by atoms with Crippen LogP contribution in [0.5, 0.6) is 5.75 Å². The standard InChI is InChI=1S/C13H17F3O2/c1-3-10(2)11-4-6-12(7-5-11)18-9-17-8-13(14,15)16/h4-7,10H,3,8-9H2,1-2H3. The lowest BCUT2D eigenvalue weighted by Gasteiger charge is -2.11. The van der Waals surface area contributed by atoms with Gasteiger partial charge in [-0.2, -0.15) is 13.2 Å². The molecule has 1 atom stereocenters. The minimum atomic E-state index is -4.32. The zero-order valence-electron chi connectivity index (χ0n) is 10.5. The largest absolute Gasteiger partial charge is 0.468 e. The second kappa shape index (κ2) is 6.64. The number of hydrogen-bond donors (Lipinski definition) is 0. The van der Waals surface area contributed by atoms with Crippen LogP contribution in [0.25, 0.3) is 0 Å². The summed E-state index contributed by atoms with van der Waals surface area (Å²) in [6.07, 6.45) is -3.28. The second-order valence-corrected chi connectivity index (χ2v) is 4.10. The minimum absolute atomic E-state index is 0.401. The van der Waals surface area contributed by atoms with Gasteiger partial charge in [-0.3, -0.25) is 0 Å². The molecule has 1 aromatic rings. The predicted octanol–water partition coefficient (Wildman–Crippen LogP) is 4.12. The third-order valence-electron chi connectivity index (χ3n) is 2.64. The summed E-state index contributed by atoms with van der Waals surface area (Å²) in [6, 6.07) is 7.29. The summed E-state index contributed by atoms with van der Waals surface area (Å²) in [5.74, 6) is 0.963. The first-order valence-corrected chi connectivity index (χ1v) is 5.79. The molecular formula is C13H17F3O2. The highest BCUT2D eigenvalue weighted by Gasteiger charge is 2.27. The van der Waals surface area contributed by atoms with E-state index in [1.165, 1.54) is 5.56 Å². The summed E-state index contributed by atoms with van der Waals surface area (Å²) >= 11 is 0. The molecule has 0 spiro atoms. The first-order valence-electron chi connectivity index (χ1n) is 5.79. The van der Waals surface area contributed by atoms with E-state index in [4.69, 9.17) is 4.74 Å². The molecule has 102 valence electrons. The third-order valence-corrected chi connectivity index (χ3v) is 2.64. The molecule has 2 nitrogen and oxygen atoms in total. The Morgan fingerprint density at radius 3 is 2.28 bits per heavy atom. The number of rotatable bonds is 6. The van der Waals surface area contributed by atoms with Gasteiger partial charge in [0.1, 0.15) is 12.4 Å². The van der Waals surface area contributed by atoms with Gasteiger partial charge < -0.3 is 9.47 Å². The van der Waals surface area contributed by atoms with Crippen molar-refractivity contribution in [2.75, 3.05) is 13.4 Å². The molecule has 1 rings (SSSR count). The smallest absolute Gasteiger partial charge is 0.411 e. The lowest BCUT2D eigenvalue weighted by molar-refractivity contribution is -0.186. The zero-order valence-corrected chi connectivity index (χ0v) is 10.5. The molecule has 0 bridgehead atoms. The van der Waals surface area contributed by atoms with E-state index >= 15 is 0 Å². The fourth-order valence-corrected chi connectivity index (χ4v) is 1.40. The van der Waals surface area contributed by atoms with E-state index in [0.717, 1.165) is 6.42 Å². The van der Waals surface area contributed by atoms with Crippen molar-refractivity contribution < 1.29 is 22.6 Å². The lowest BCUT2D eigenvalue weighted by Crippen LogP contribution is -2.19. The Labute approximate surface area is 105 Å². The van der Waals surface area contributed by atoms with Gasteiger partial charge in [-0.1, -0.05) is 26.0 Å². The minimum Gasteiger partial charge on any atom is -0.468 e. The van der Waals surface area contributed by atoms with E-state index in [9.17, 15) is 13.2 Å². The van der Waals surface area contributed by atoms with Gasteiger partial charge in [0, 0.05) is 0 Å². The molecular weight excluding hydrogens is 245 g/mol. The molecule has 0 aliphatic rings. The van der Waals surface area contributed by atoms with Gasteiger partial charge in [0.25, 0.3) is 0 Å². The summed E-state index contributed by atoms with van der Waals surface area (Å²) in [5.41, 5.74) is 1.18. The van der Waals surface area contributed by atoms with Crippen LogP contribution in [0.3, 0.4) is 0 Å². The molecule has 0 saturated carbocycles. The molecule has 0 amide bonds. The van der Waals surface area contributed by atoms with E-state index in [1.54, 1.807) is 12.1 Å². The molecule has 1 unspecified atom stereocenters. The Hall–Kier alpha value is -1.23. The number of ether oxygens (including phenoxy) is 2. The van der Waals surface area contributed by atoms with Crippen LogP contribution in [0.2, 0.25) is 0 Å². The van der Waals surface area contributed by atoms with Crippen LogP contribution in [0.4, 0.5) is 13.2 Å².